The lowest BCUT2D eigenvalue weighted by atomic mass is 10.1. The van der Waals surface area contributed by atoms with Crippen molar-refractivity contribution < 1.29 is 28.7 Å². The quantitative estimate of drug-likeness (QED) is 0.0839. The number of likely N-dealkylation sites (tertiary alicyclic amines) is 1. The van der Waals surface area contributed by atoms with Crippen LogP contribution in [0.15, 0.2) is 23.2 Å². The van der Waals surface area contributed by atoms with Crippen molar-refractivity contribution in [1.29, 1.82) is 0 Å². The monoisotopic (exact) mass is 560 g/mol. The van der Waals surface area contributed by atoms with E-state index in [1.165, 1.54) is 0 Å². The molecule has 14 heteroatoms. The Bertz CT molecular complexity index is 1090. The molecule has 2 aliphatic rings. The minimum absolute atomic E-state index is 0.0716. The molecule has 10 N–H and O–H groups in total. The normalized spacial score (nSPS) is 17.1. The van der Waals surface area contributed by atoms with Gasteiger partial charge in [-0.15, -0.1) is 0 Å². The van der Waals surface area contributed by atoms with Crippen molar-refractivity contribution in [2.75, 3.05) is 26.4 Å². The van der Waals surface area contributed by atoms with Crippen molar-refractivity contribution in [1.82, 2.24) is 15.5 Å². The van der Waals surface area contributed by atoms with Crippen LogP contribution in [-0.2, 0) is 25.6 Å². The summed E-state index contributed by atoms with van der Waals surface area (Å²) in [6.45, 7) is 1.28. The summed E-state index contributed by atoms with van der Waals surface area (Å²) in [5, 5.41) is 5.44. The van der Waals surface area contributed by atoms with Crippen molar-refractivity contribution in [3.8, 4) is 11.5 Å². The Morgan fingerprint density at radius 3 is 2.48 bits per heavy atom. The van der Waals surface area contributed by atoms with Gasteiger partial charge in [0.05, 0.1) is 6.42 Å². The number of nitrogens with one attached hydrogen (secondary N) is 2. The van der Waals surface area contributed by atoms with Crippen molar-refractivity contribution in [2.45, 2.75) is 69.5 Å². The van der Waals surface area contributed by atoms with Crippen molar-refractivity contribution in [2.24, 2.45) is 27.9 Å². The highest BCUT2D eigenvalue weighted by molar-refractivity contribution is 5.94. The molecule has 2 heterocycles. The number of fused-ring (bicyclic) bond motifs is 1. The third-order valence-electron chi connectivity index (χ3n) is 6.85. The van der Waals surface area contributed by atoms with Gasteiger partial charge in [-0.1, -0.05) is 6.07 Å². The minimum Gasteiger partial charge on any atom is -0.454 e. The molecule has 1 fully saturated rings. The first-order valence-corrected chi connectivity index (χ1v) is 13.5. The molecule has 0 spiro atoms. The lowest BCUT2D eigenvalue weighted by molar-refractivity contribution is -0.139. The number of amides is 4. The molecule has 1 aromatic carbocycles. The molecule has 3 rings (SSSR count). The van der Waals surface area contributed by atoms with Gasteiger partial charge in [0.1, 0.15) is 18.1 Å². The van der Waals surface area contributed by atoms with E-state index in [1.807, 2.05) is 0 Å². The Morgan fingerprint density at radius 1 is 1.00 bits per heavy atom. The molecule has 3 atom stereocenters. The van der Waals surface area contributed by atoms with Gasteiger partial charge in [0.15, 0.2) is 17.5 Å². The number of hydrogen-bond acceptors (Lipinski definition) is 8. The van der Waals surface area contributed by atoms with Crippen molar-refractivity contribution >= 4 is 29.6 Å². The third kappa shape index (κ3) is 8.73. The smallest absolute Gasteiger partial charge is 0.243 e. The molecule has 0 bridgehead atoms. The van der Waals surface area contributed by atoms with Gasteiger partial charge in [-0.3, -0.25) is 24.2 Å². The predicted molar refractivity (Wildman–Crippen MR) is 147 cm³/mol. The molecule has 1 aromatic rings. The molecular formula is C26H40N8O6. The predicted octanol–water partition coefficient (Wildman–Crippen LogP) is -1.41. The lowest BCUT2D eigenvalue weighted by Gasteiger charge is -2.27. The van der Waals surface area contributed by atoms with E-state index in [0.29, 0.717) is 63.1 Å². The first kappa shape index (κ1) is 30.5. The highest BCUT2D eigenvalue weighted by Gasteiger charge is 2.36. The molecule has 0 aromatic heterocycles. The summed E-state index contributed by atoms with van der Waals surface area (Å²) in [5.74, 6) is -0.729. The molecule has 2 aliphatic heterocycles. The number of aliphatic imine (C=N–C) groups is 1. The van der Waals surface area contributed by atoms with Gasteiger partial charge in [-0.2, -0.15) is 0 Å². The van der Waals surface area contributed by atoms with Crippen LogP contribution in [0.25, 0.3) is 0 Å². The Balaban J connectivity index is 1.62. The zero-order valence-electron chi connectivity index (χ0n) is 22.6. The summed E-state index contributed by atoms with van der Waals surface area (Å²) >= 11 is 0. The molecule has 14 nitrogen and oxygen atoms in total. The number of unbranched alkanes of at least 4 members (excludes halogenated alkanes) is 1. The number of benzene rings is 1. The highest BCUT2D eigenvalue weighted by atomic mass is 16.7. The Morgan fingerprint density at radius 2 is 1.75 bits per heavy atom. The first-order valence-electron chi connectivity index (χ1n) is 13.5. The second kappa shape index (κ2) is 14.9. The number of guanidine groups is 1. The van der Waals surface area contributed by atoms with E-state index < -0.39 is 35.8 Å². The largest absolute Gasteiger partial charge is 0.454 e. The Kier molecular flexibility index (Phi) is 11.4. The summed E-state index contributed by atoms with van der Waals surface area (Å²) < 4.78 is 10.7. The summed E-state index contributed by atoms with van der Waals surface area (Å²) in [5.41, 5.74) is 22.5. The van der Waals surface area contributed by atoms with E-state index in [9.17, 15) is 19.2 Å². The molecule has 4 amide bonds. The van der Waals surface area contributed by atoms with E-state index in [1.54, 1.807) is 23.1 Å². The number of hydrogen-bond donors (Lipinski definition) is 6. The van der Waals surface area contributed by atoms with Crippen LogP contribution in [0.4, 0.5) is 0 Å². The molecule has 0 aliphatic carbocycles. The van der Waals surface area contributed by atoms with Crippen LogP contribution < -0.4 is 43.0 Å². The Labute approximate surface area is 233 Å². The van der Waals surface area contributed by atoms with Gasteiger partial charge in [-0.25, -0.2) is 0 Å². The van der Waals surface area contributed by atoms with Gasteiger partial charge in [0.2, 0.25) is 30.4 Å². The van der Waals surface area contributed by atoms with Gasteiger partial charge in [0.25, 0.3) is 0 Å². The third-order valence-corrected chi connectivity index (χ3v) is 6.85. The molecule has 220 valence electrons. The zero-order chi connectivity index (χ0) is 29.1. The highest BCUT2D eigenvalue weighted by Crippen LogP contribution is 2.33. The second-order valence-electron chi connectivity index (χ2n) is 9.87. The van der Waals surface area contributed by atoms with Crippen LogP contribution in [0, 0.1) is 0 Å². The van der Waals surface area contributed by atoms with E-state index in [0.717, 1.165) is 5.56 Å². The standard InChI is InChI=1S/C26H40N8O6/c27-10-2-1-5-18(24(37)32-17(23(28)36)6-3-11-31-26(29)30)33-25(38)19-7-4-12-34(19)22(35)14-16-8-9-20-21(13-16)40-15-39-20/h8-9,13,17-19H,1-7,10-12,14-15,27H2,(H2,28,36)(H,32,37)(H,33,38)(H4,29,30,31)/t17-,18-,19-/m0/s1. The van der Waals surface area contributed by atoms with E-state index in [2.05, 4.69) is 15.6 Å². The summed E-state index contributed by atoms with van der Waals surface area (Å²) in [6, 6.07) is 2.71. The number of rotatable bonds is 15. The molecule has 1 saturated heterocycles. The van der Waals surface area contributed by atoms with E-state index in [-0.39, 0.29) is 38.0 Å². The molecule has 0 radical (unpaired) electrons. The van der Waals surface area contributed by atoms with E-state index >= 15 is 0 Å². The number of carbonyl (C=O) groups excluding carboxylic acids is 4. The maximum Gasteiger partial charge on any atom is 0.243 e. The van der Waals surface area contributed by atoms with Gasteiger partial charge < -0.3 is 47.9 Å². The number of ether oxygens (including phenoxy) is 2. The van der Waals surface area contributed by atoms with Crippen LogP contribution in [0.2, 0.25) is 0 Å². The maximum atomic E-state index is 13.3. The molecule has 40 heavy (non-hydrogen) atoms. The van der Waals surface area contributed by atoms with Crippen LogP contribution in [0.3, 0.4) is 0 Å². The fourth-order valence-corrected chi connectivity index (χ4v) is 4.76. The average Bonchev–Trinajstić information content (AvgIpc) is 3.59. The fraction of sp³-hybridized carbons (Fsp3) is 0.577. The first-order chi connectivity index (χ1) is 19.2. The molecule has 0 saturated carbocycles. The SMILES string of the molecule is NCCCC[C@H](NC(=O)[C@@H]1CCCN1C(=O)Cc1ccc2c(c1)OCO2)C(=O)N[C@@H](CCCN=C(N)N)C(N)=O. The topological polar surface area (TPSA) is 230 Å². The minimum atomic E-state index is -0.957. The van der Waals surface area contributed by atoms with Crippen LogP contribution in [-0.4, -0.2) is 79.0 Å². The summed E-state index contributed by atoms with van der Waals surface area (Å²) in [6.07, 6.45) is 3.43. The lowest BCUT2D eigenvalue weighted by Crippen LogP contribution is -2.56. The van der Waals surface area contributed by atoms with E-state index in [4.69, 9.17) is 32.4 Å². The van der Waals surface area contributed by atoms with Crippen molar-refractivity contribution in [3.05, 3.63) is 23.8 Å². The Hall–Kier alpha value is -4.07. The molecule has 0 unspecified atom stereocenters. The number of carbonyl (C=O) groups is 4. The number of primary amides is 1. The van der Waals surface area contributed by atoms with Crippen LogP contribution >= 0.6 is 0 Å². The van der Waals surface area contributed by atoms with Gasteiger partial charge >= 0.3 is 0 Å². The van der Waals surface area contributed by atoms with Crippen LogP contribution in [0.1, 0.15) is 50.5 Å². The zero-order valence-corrected chi connectivity index (χ0v) is 22.6. The fourth-order valence-electron chi connectivity index (χ4n) is 4.76. The average molecular weight is 561 g/mol. The van der Waals surface area contributed by atoms with Gasteiger partial charge in [-0.05, 0) is 69.2 Å². The van der Waals surface area contributed by atoms with Gasteiger partial charge in [0, 0.05) is 13.1 Å². The van der Waals surface area contributed by atoms with Crippen LogP contribution in [0.5, 0.6) is 11.5 Å². The van der Waals surface area contributed by atoms with Crippen molar-refractivity contribution in [3.63, 3.8) is 0 Å². The number of nitrogens with two attached hydrogens (primary N) is 4. The summed E-state index contributed by atoms with van der Waals surface area (Å²) in [4.78, 5) is 57.0. The number of nitrogens with zero attached hydrogens (tertiary/aromatic N) is 2. The second-order valence-corrected chi connectivity index (χ2v) is 9.87. The summed E-state index contributed by atoms with van der Waals surface area (Å²) in [7, 11) is 0. The molecular weight excluding hydrogens is 520 g/mol. The maximum absolute atomic E-state index is 13.3.